The molecule has 8 nitrogen and oxygen atoms in total. The van der Waals surface area contributed by atoms with E-state index in [0.29, 0.717) is 19.6 Å². The SMILES string of the molecule is Cn1cnc(S(=O)(=O)N2CCC[C@@H](c3nccn3Cc3ccncc3)C2)c1. The summed E-state index contributed by atoms with van der Waals surface area (Å²) in [7, 11) is -1.82. The Labute approximate surface area is 158 Å². The Bertz CT molecular complexity index is 1010. The van der Waals surface area contributed by atoms with Gasteiger partial charge in [0.25, 0.3) is 10.0 Å². The van der Waals surface area contributed by atoms with Gasteiger partial charge in [0.1, 0.15) is 5.82 Å². The van der Waals surface area contributed by atoms with E-state index in [1.807, 2.05) is 18.3 Å². The zero-order chi connectivity index (χ0) is 18.9. The minimum atomic E-state index is -3.58. The van der Waals surface area contributed by atoms with Gasteiger partial charge in [0.2, 0.25) is 0 Å². The number of hydrogen-bond acceptors (Lipinski definition) is 5. The highest BCUT2D eigenvalue weighted by Gasteiger charge is 2.33. The van der Waals surface area contributed by atoms with Gasteiger partial charge in [0.15, 0.2) is 5.03 Å². The van der Waals surface area contributed by atoms with Gasteiger partial charge in [-0.2, -0.15) is 4.31 Å². The maximum absolute atomic E-state index is 12.9. The Balaban J connectivity index is 1.55. The number of aryl methyl sites for hydroxylation is 1. The molecule has 0 saturated carbocycles. The van der Waals surface area contributed by atoms with Crippen molar-refractivity contribution in [2.45, 2.75) is 30.3 Å². The van der Waals surface area contributed by atoms with Crippen LogP contribution in [0.3, 0.4) is 0 Å². The minimum Gasteiger partial charge on any atom is -0.339 e. The number of hydrogen-bond donors (Lipinski definition) is 0. The van der Waals surface area contributed by atoms with Gasteiger partial charge in [-0.15, -0.1) is 0 Å². The monoisotopic (exact) mass is 386 g/mol. The van der Waals surface area contributed by atoms with Crippen molar-refractivity contribution < 1.29 is 8.42 Å². The first-order valence-corrected chi connectivity index (χ1v) is 10.4. The van der Waals surface area contributed by atoms with E-state index in [-0.39, 0.29) is 10.9 Å². The minimum absolute atomic E-state index is 0.0640. The van der Waals surface area contributed by atoms with Crippen molar-refractivity contribution in [2.75, 3.05) is 13.1 Å². The predicted octanol–water partition coefficient (Wildman–Crippen LogP) is 1.63. The molecule has 27 heavy (non-hydrogen) atoms. The molecule has 4 rings (SSSR count). The van der Waals surface area contributed by atoms with Crippen LogP contribution in [0.4, 0.5) is 0 Å². The summed E-state index contributed by atoms with van der Waals surface area (Å²) in [5.41, 5.74) is 1.14. The Morgan fingerprint density at radius 1 is 1.19 bits per heavy atom. The largest absolute Gasteiger partial charge is 0.339 e. The fourth-order valence-corrected chi connectivity index (χ4v) is 5.02. The molecule has 3 aromatic heterocycles. The number of rotatable bonds is 5. The Morgan fingerprint density at radius 3 is 2.74 bits per heavy atom. The molecule has 4 heterocycles. The molecule has 0 spiro atoms. The van der Waals surface area contributed by atoms with Crippen molar-refractivity contribution in [1.82, 2.24) is 28.4 Å². The van der Waals surface area contributed by atoms with Gasteiger partial charge >= 0.3 is 0 Å². The van der Waals surface area contributed by atoms with Crippen LogP contribution in [0, 0.1) is 0 Å². The summed E-state index contributed by atoms with van der Waals surface area (Å²) in [6.07, 6.45) is 12.0. The highest BCUT2D eigenvalue weighted by molar-refractivity contribution is 7.89. The molecule has 3 aromatic rings. The lowest BCUT2D eigenvalue weighted by molar-refractivity contribution is 0.304. The Kier molecular flexibility index (Phi) is 4.79. The second kappa shape index (κ2) is 7.24. The average Bonchev–Trinajstić information content (AvgIpc) is 3.32. The Hall–Kier alpha value is -2.52. The molecule has 9 heteroatoms. The van der Waals surface area contributed by atoms with Crippen LogP contribution in [0.2, 0.25) is 0 Å². The van der Waals surface area contributed by atoms with E-state index < -0.39 is 10.0 Å². The first kappa shape index (κ1) is 17.9. The van der Waals surface area contributed by atoms with Crippen LogP contribution >= 0.6 is 0 Å². The van der Waals surface area contributed by atoms with E-state index in [2.05, 4.69) is 19.5 Å². The van der Waals surface area contributed by atoms with Crippen LogP contribution in [0.15, 0.2) is 54.5 Å². The molecule has 1 aliphatic heterocycles. The molecule has 1 fully saturated rings. The summed E-state index contributed by atoms with van der Waals surface area (Å²) in [5, 5.41) is 0.103. The van der Waals surface area contributed by atoms with Gasteiger partial charge in [0, 0.05) is 63.6 Å². The van der Waals surface area contributed by atoms with Crippen molar-refractivity contribution in [2.24, 2.45) is 7.05 Å². The van der Waals surface area contributed by atoms with E-state index in [0.717, 1.165) is 24.2 Å². The molecule has 0 N–H and O–H groups in total. The molecule has 0 aromatic carbocycles. The molecular formula is C18H22N6O2S. The fraction of sp³-hybridized carbons (Fsp3) is 0.389. The molecule has 1 atom stereocenters. The highest BCUT2D eigenvalue weighted by Crippen LogP contribution is 2.29. The van der Waals surface area contributed by atoms with Crippen LogP contribution in [0.25, 0.3) is 0 Å². The zero-order valence-corrected chi connectivity index (χ0v) is 16.0. The quantitative estimate of drug-likeness (QED) is 0.665. The molecule has 0 aliphatic carbocycles. The van der Waals surface area contributed by atoms with Crippen molar-refractivity contribution in [1.29, 1.82) is 0 Å². The number of pyridine rings is 1. The second-order valence-corrected chi connectivity index (χ2v) is 8.73. The standard InChI is InChI=1S/C18H22N6O2S/c1-22-13-17(21-14-22)27(25,26)24-9-2-3-16(12-24)18-20-8-10-23(18)11-15-4-6-19-7-5-15/h4-8,10,13-14,16H,2-3,9,11-12H2,1H3/t16-/m1/s1. The molecule has 1 saturated heterocycles. The summed E-state index contributed by atoms with van der Waals surface area (Å²) in [6.45, 7) is 1.63. The van der Waals surface area contributed by atoms with Crippen LogP contribution in [0.5, 0.6) is 0 Å². The van der Waals surface area contributed by atoms with Crippen LogP contribution < -0.4 is 0 Å². The van der Waals surface area contributed by atoms with Crippen molar-refractivity contribution >= 4 is 10.0 Å². The first-order valence-electron chi connectivity index (χ1n) is 8.92. The van der Waals surface area contributed by atoms with Crippen LogP contribution in [0.1, 0.15) is 30.1 Å². The van der Waals surface area contributed by atoms with Gasteiger partial charge in [-0.1, -0.05) is 0 Å². The predicted molar refractivity (Wildman–Crippen MR) is 99.5 cm³/mol. The summed E-state index contributed by atoms with van der Waals surface area (Å²) in [5.74, 6) is 0.988. The topological polar surface area (TPSA) is 85.9 Å². The number of aromatic nitrogens is 5. The van der Waals surface area contributed by atoms with Gasteiger partial charge in [-0.25, -0.2) is 18.4 Å². The third kappa shape index (κ3) is 3.65. The Morgan fingerprint density at radius 2 is 2.00 bits per heavy atom. The molecule has 142 valence electrons. The second-order valence-electron chi connectivity index (χ2n) is 6.85. The molecule has 1 aliphatic rings. The van der Waals surface area contributed by atoms with E-state index in [4.69, 9.17) is 0 Å². The maximum Gasteiger partial charge on any atom is 0.262 e. The van der Waals surface area contributed by atoms with Gasteiger partial charge in [0.05, 0.1) is 6.33 Å². The lowest BCUT2D eigenvalue weighted by Gasteiger charge is -2.31. The number of nitrogens with zero attached hydrogens (tertiary/aromatic N) is 6. The van der Waals surface area contributed by atoms with Crippen LogP contribution in [-0.2, 0) is 23.6 Å². The van der Waals surface area contributed by atoms with Crippen LogP contribution in [-0.4, -0.2) is 49.9 Å². The molecule has 0 bridgehead atoms. The van der Waals surface area contributed by atoms with Crippen molar-refractivity contribution in [3.05, 3.63) is 60.8 Å². The van der Waals surface area contributed by atoms with Crippen molar-refractivity contribution in [3.8, 4) is 0 Å². The van der Waals surface area contributed by atoms with Gasteiger partial charge in [-0.3, -0.25) is 4.98 Å². The van der Waals surface area contributed by atoms with Gasteiger partial charge in [-0.05, 0) is 30.5 Å². The van der Waals surface area contributed by atoms with E-state index >= 15 is 0 Å². The number of piperidine rings is 1. The van der Waals surface area contributed by atoms with E-state index in [1.54, 1.807) is 36.4 Å². The zero-order valence-electron chi connectivity index (χ0n) is 15.1. The third-order valence-corrected chi connectivity index (χ3v) is 6.64. The van der Waals surface area contributed by atoms with Gasteiger partial charge < -0.3 is 9.13 Å². The summed E-state index contributed by atoms with van der Waals surface area (Å²) < 4.78 is 31.1. The molecular weight excluding hydrogens is 364 g/mol. The normalized spacial score (nSPS) is 18.6. The summed E-state index contributed by atoms with van der Waals surface area (Å²) in [4.78, 5) is 12.6. The molecule has 0 unspecified atom stereocenters. The molecule has 0 radical (unpaired) electrons. The lowest BCUT2D eigenvalue weighted by atomic mass is 9.98. The highest BCUT2D eigenvalue weighted by atomic mass is 32.2. The number of sulfonamides is 1. The summed E-state index contributed by atoms with van der Waals surface area (Å²) >= 11 is 0. The smallest absolute Gasteiger partial charge is 0.262 e. The average molecular weight is 386 g/mol. The lowest BCUT2D eigenvalue weighted by Crippen LogP contribution is -2.39. The number of imidazole rings is 2. The molecule has 0 amide bonds. The fourth-order valence-electron chi connectivity index (χ4n) is 3.53. The first-order chi connectivity index (χ1) is 13.0. The van der Waals surface area contributed by atoms with E-state index in [1.165, 1.54) is 10.6 Å². The summed E-state index contributed by atoms with van der Waals surface area (Å²) in [6, 6.07) is 3.95. The maximum atomic E-state index is 12.9. The van der Waals surface area contributed by atoms with Crippen molar-refractivity contribution in [3.63, 3.8) is 0 Å². The van der Waals surface area contributed by atoms with E-state index in [9.17, 15) is 8.42 Å². The third-order valence-electron chi connectivity index (χ3n) is 4.88.